The highest BCUT2D eigenvalue weighted by atomic mass is 35.5. The summed E-state index contributed by atoms with van der Waals surface area (Å²) in [6.45, 7) is 3.58. The number of carbonyl (C=O) groups excluding carboxylic acids is 1. The number of halogens is 1. The molecular formula is C20H24ClNO. The highest BCUT2D eigenvalue weighted by Gasteiger charge is 2.26. The predicted molar refractivity (Wildman–Crippen MR) is 96.8 cm³/mol. The van der Waals surface area contributed by atoms with Gasteiger partial charge in [0.25, 0.3) is 0 Å². The lowest BCUT2D eigenvalue weighted by Gasteiger charge is -2.20. The largest absolute Gasteiger partial charge is 0.369 e. The predicted octanol–water partition coefficient (Wildman–Crippen LogP) is 4.67. The first-order valence-electron chi connectivity index (χ1n) is 8.04. The molecule has 0 aromatic heterocycles. The summed E-state index contributed by atoms with van der Waals surface area (Å²) in [5, 5.41) is 0.657. The Balaban J connectivity index is 0.000000172. The summed E-state index contributed by atoms with van der Waals surface area (Å²) in [5.41, 5.74) is 8.67. The summed E-state index contributed by atoms with van der Waals surface area (Å²) in [7, 11) is 0. The monoisotopic (exact) mass is 329 g/mol. The van der Waals surface area contributed by atoms with Gasteiger partial charge in [-0.3, -0.25) is 4.79 Å². The third-order valence-corrected chi connectivity index (χ3v) is 4.69. The maximum Gasteiger partial charge on any atom is 0.227 e. The quantitative estimate of drug-likeness (QED) is 0.855. The molecule has 23 heavy (non-hydrogen) atoms. The second kappa shape index (κ2) is 7.65. The number of rotatable bonds is 2. The number of amides is 1. The summed E-state index contributed by atoms with van der Waals surface area (Å²) >= 11 is 5.73. The lowest BCUT2D eigenvalue weighted by Crippen LogP contribution is -2.35. The van der Waals surface area contributed by atoms with E-state index in [2.05, 4.69) is 24.3 Å². The Bertz CT molecular complexity index is 637. The van der Waals surface area contributed by atoms with Crippen molar-refractivity contribution >= 4 is 17.5 Å². The second-order valence-corrected chi connectivity index (χ2v) is 6.91. The summed E-state index contributed by atoms with van der Waals surface area (Å²) < 4.78 is 0. The summed E-state index contributed by atoms with van der Waals surface area (Å²) in [5.74, 6) is -0.338. The van der Waals surface area contributed by atoms with Crippen molar-refractivity contribution < 1.29 is 4.79 Å². The fraction of sp³-hybridized carbons (Fsp3) is 0.350. The Morgan fingerprint density at radius 1 is 0.957 bits per heavy atom. The van der Waals surface area contributed by atoms with Gasteiger partial charge in [-0.1, -0.05) is 48.0 Å². The first-order chi connectivity index (χ1) is 10.9. The maximum absolute atomic E-state index is 11.1. The van der Waals surface area contributed by atoms with Crippen LogP contribution in [0.25, 0.3) is 0 Å². The van der Waals surface area contributed by atoms with Crippen LogP contribution in [0.5, 0.6) is 0 Å². The van der Waals surface area contributed by atoms with Crippen LogP contribution in [0.3, 0.4) is 0 Å². The van der Waals surface area contributed by atoms with E-state index in [9.17, 15) is 4.79 Å². The smallest absolute Gasteiger partial charge is 0.227 e. The molecule has 0 atom stereocenters. The average Bonchev–Trinajstić information content (AvgIpc) is 2.56. The second-order valence-electron chi connectivity index (χ2n) is 6.47. The van der Waals surface area contributed by atoms with E-state index in [-0.39, 0.29) is 5.91 Å². The van der Waals surface area contributed by atoms with Gasteiger partial charge in [0.05, 0.1) is 5.41 Å². The lowest BCUT2D eigenvalue weighted by molar-refractivity contribution is -0.122. The molecule has 3 rings (SSSR count). The zero-order chi connectivity index (χ0) is 16.9. The number of primary amides is 1. The van der Waals surface area contributed by atoms with Gasteiger partial charge in [-0.25, -0.2) is 0 Å². The molecule has 0 spiro atoms. The minimum absolute atomic E-state index is 0.338. The number of hydrogen-bond donors (Lipinski definition) is 1. The molecular weight excluding hydrogens is 306 g/mol. The summed E-state index contributed by atoms with van der Waals surface area (Å²) in [6, 6.07) is 15.9. The van der Waals surface area contributed by atoms with E-state index in [0.717, 1.165) is 5.56 Å². The van der Waals surface area contributed by atoms with Crippen molar-refractivity contribution in [1.82, 2.24) is 0 Å². The lowest BCUT2D eigenvalue weighted by atomic mass is 9.84. The summed E-state index contributed by atoms with van der Waals surface area (Å²) in [4.78, 5) is 11.1. The third-order valence-electron chi connectivity index (χ3n) is 4.44. The van der Waals surface area contributed by atoms with E-state index in [1.54, 1.807) is 37.1 Å². The molecule has 1 aliphatic carbocycles. The van der Waals surface area contributed by atoms with Crippen molar-refractivity contribution in [2.45, 2.75) is 44.9 Å². The van der Waals surface area contributed by atoms with Crippen molar-refractivity contribution in [2.24, 2.45) is 5.73 Å². The van der Waals surface area contributed by atoms with Gasteiger partial charge in [0, 0.05) is 5.02 Å². The Hall–Kier alpha value is -1.80. The van der Waals surface area contributed by atoms with Crippen LogP contribution < -0.4 is 5.73 Å². The Morgan fingerprint density at radius 3 is 1.87 bits per heavy atom. The Kier molecular flexibility index (Phi) is 5.84. The van der Waals surface area contributed by atoms with Gasteiger partial charge in [0.1, 0.15) is 0 Å². The SMILES string of the molecule is CC(C)(C(N)=O)c1ccc(Cl)cc1.c1ccc2c(c1)CCCC2. The van der Waals surface area contributed by atoms with Crippen molar-refractivity contribution in [3.63, 3.8) is 0 Å². The molecule has 0 saturated carbocycles. The van der Waals surface area contributed by atoms with Crippen molar-refractivity contribution in [2.75, 3.05) is 0 Å². The molecule has 0 bridgehead atoms. The normalized spacial score (nSPS) is 13.5. The van der Waals surface area contributed by atoms with Gasteiger partial charge in [-0.15, -0.1) is 0 Å². The topological polar surface area (TPSA) is 43.1 Å². The molecule has 2 N–H and O–H groups in total. The molecule has 1 aliphatic rings. The molecule has 3 heteroatoms. The van der Waals surface area contributed by atoms with E-state index < -0.39 is 5.41 Å². The molecule has 0 heterocycles. The highest BCUT2D eigenvalue weighted by molar-refractivity contribution is 6.30. The number of aryl methyl sites for hydroxylation is 2. The van der Waals surface area contributed by atoms with E-state index in [0.29, 0.717) is 5.02 Å². The van der Waals surface area contributed by atoms with Gasteiger partial charge < -0.3 is 5.73 Å². The van der Waals surface area contributed by atoms with E-state index >= 15 is 0 Å². The van der Waals surface area contributed by atoms with Gasteiger partial charge in [-0.2, -0.15) is 0 Å². The molecule has 0 fully saturated rings. The Morgan fingerprint density at radius 2 is 1.43 bits per heavy atom. The van der Waals surface area contributed by atoms with Crippen LogP contribution in [-0.4, -0.2) is 5.91 Å². The fourth-order valence-electron chi connectivity index (χ4n) is 2.68. The molecule has 0 aliphatic heterocycles. The standard InChI is InChI=1S/C10H12ClNO.C10H12/c1-10(2,9(12)13)7-3-5-8(11)6-4-7;1-2-6-10-8-4-3-7-9(10)5-1/h3-6H,1-2H3,(H2,12,13);1-2,5-6H,3-4,7-8H2. The molecule has 0 unspecified atom stereocenters. The first kappa shape index (κ1) is 17.6. The molecule has 2 aromatic carbocycles. The van der Waals surface area contributed by atoms with Gasteiger partial charge in [0.15, 0.2) is 0 Å². The van der Waals surface area contributed by atoms with Crippen molar-refractivity contribution in [3.8, 4) is 0 Å². The van der Waals surface area contributed by atoms with Crippen molar-refractivity contribution in [3.05, 3.63) is 70.2 Å². The van der Waals surface area contributed by atoms with Gasteiger partial charge in [0.2, 0.25) is 5.91 Å². The minimum Gasteiger partial charge on any atom is -0.369 e. The number of carbonyl (C=O) groups is 1. The van der Waals surface area contributed by atoms with Gasteiger partial charge in [-0.05, 0) is 68.4 Å². The van der Waals surface area contributed by atoms with Crippen LogP contribution in [0.1, 0.15) is 43.4 Å². The van der Waals surface area contributed by atoms with Crippen LogP contribution in [0.4, 0.5) is 0 Å². The molecule has 2 aromatic rings. The van der Waals surface area contributed by atoms with Crippen LogP contribution in [-0.2, 0) is 23.1 Å². The first-order valence-corrected chi connectivity index (χ1v) is 8.42. The molecule has 0 radical (unpaired) electrons. The van der Waals surface area contributed by atoms with Crippen LogP contribution >= 0.6 is 11.6 Å². The minimum atomic E-state index is -0.634. The number of benzene rings is 2. The van der Waals surface area contributed by atoms with Crippen molar-refractivity contribution in [1.29, 1.82) is 0 Å². The molecule has 1 amide bonds. The van der Waals surface area contributed by atoms with Crippen LogP contribution in [0.2, 0.25) is 5.02 Å². The fourth-order valence-corrected chi connectivity index (χ4v) is 2.81. The number of nitrogens with two attached hydrogens (primary N) is 1. The average molecular weight is 330 g/mol. The summed E-state index contributed by atoms with van der Waals surface area (Å²) in [6.07, 6.45) is 5.38. The van der Waals surface area contributed by atoms with Gasteiger partial charge >= 0.3 is 0 Å². The zero-order valence-electron chi connectivity index (χ0n) is 13.8. The molecule has 122 valence electrons. The molecule has 0 saturated heterocycles. The van der Waals surface area contributed by atoms with Crippen LogP contribution in [0.15, 0.2) is 48.5 Å². The number of hydrogen-bond acceptors (Lipinski definition) is 1. The van der Waals surface area contributed by atoms with E-state index in [1.165, 1.54) is 25.7 Å². The Labute approximate surface area is 143 Å². The maximum atomic E-state index is 11.1. The highest BCUT2D eigenvalue weighted by Crippen LogP contribution is 2.24. The van der Waals surface area contributed by atoms with Crippen LogP contribution in [0, 0.1) is 0 Å². The van der Waals surface area contributed by atoms with E-state index in [1.807, 2.05) is 12.1 Å². The molecule has 2 nitrogen and oxygen atoms in total. The zero-order valence-corrected chi connectivity index (χ0v) is 14.6. The van der Waals surface area contributed by atoms with E-state index in [4.69, 9.17) is 17.3 Å². The number of fused-ring (bicyclic) bond motifs is 1. The third kappa shape index (κ3) is 4.59.